The molecule has 0 spiro atoms. The molecule has 1 amide bonds. The van der Waals surface area contributed by atoms with Gasteiger partial charge in [-0.1, -0.05) is 30.0 Å². The highest BCUT2D eigenvalue weighted by Crippen LogP contribution is 2.29. The van der Waals surface area contributed by atoms with Gasteiger partial charge in [-0.3, -0.25) is 25.0 Å². The van der Waals surface area contributed by atoms with Crippen molar-refractivity contribution in [2.24, 2.45) is 0 Å². The van der Waals surface area contributed by atoms with Gasteiger partial charge < -0.3 is 5.32 Å². The average Bonchev–Trinajstić information content (AvgIpc) is 2.66. The van der Waals surface area contributed by atoms with Crippen molar-refractivity contribution in [1.82, 2.24) is 9.97 Å². The van der Waals surface area contributed by atoms with E-state index in [1.807, 2.05) is 24.3 Å². The normalized spacial score (nSPS) is 10.5. The van der Waals surface area contributed by atoms with Gasteiger partial charge in [-0.05, 0) is 12.1 Å². The number of amides is 1. The largest absolute Gasteiger partial charge is 0.320 e. The SMILES string of the molecule is O=C(CSc1ncnc2ccccc12)Nc1ccc([N+](=O)[O-])cc1[N+](=O)[O-]. The zero-order chi connectivity index (χ0) is 19.4. The zero-order valence-electron chi connectivity index (χ0n) is 13.6. The summed E-state index contributed by atoms with van der Waals surface area (Å²) >= 11 is 1.16. The number of nitrogens with one attached hydrogen (secondary N) is 1. The molecule has 0 atom stereocenters. The van der Waals surface area contributed by atoms with Crippen molar-refractivity contribution in [3.8, 4) is 0 Å². The first-order valence-electron chi connectivity index (χ1n) is 7.51. The number of aromatic nitrogens is 2. The highest BCUT2D eigenvalue weighted by atomic mass is 32.2. The lowest BCUT2D eigenvalue weighted by Crippen LogP contribution is -2.15. The van der Waals surface area contributed by atoms with Crippen LogP contribution in [0.25, 0.3) is 10.9 Å². The molecule has 136 valence electrons. The molecule has 0 fully saturated rings. The van der Waals surface area contributed by atoms with Crippen molar-refractivity contribution in [1.29, 1.82) is 0 Å². The molecule has 1 heterocycles. The fraction of sp³-hybridized carbons (Fsp3) is 0.0625. The number of carbonyl (C=O) groups excluding carboxylic acids is 1. The van der Waals surface area contributed by atoms with Crippen LogP contribution in [0.1, 0.15) is 0 Å². The van der Waals surface area contributed by atoms with Crippen molar-refractivity contribution >= 4 is 45.6 Å². The van der Waals surface area contributed by atoms with Crippen LogP contribution >= 0.6 is 11.8 Å². The summed E-state index contributed by atoms with van der Waals surface area (Å²) in [6.07, 6.45) is 1.39. The van der Waals surface area contributed by atoms with Gasteiger partial charge >= 0.3 is 0 Å². The van der Waals surface area contributed by atoms with E-state index in [1.165, 1.54) is 6.33 Å². The minimum absolute atomic E-state index is 0.0465. The Morgan fingerprint density at radius 2 is 1.85 bits per heavy atom. The van der Waals surface area contributed by atoms with Crippen LogP contribution in [0.5, 0.6) is 0 Å². The molecule has 0 unspecified atom stereocenters. The molecule has 2 aromatic carbocycles. The summed E-state index contributed by atoms with van der Waals surface area (Å²) in [5.74, 6) is -0.547. The van der Waals surface area contributed by atoms with Crippen LogP contribution in [-0.4, -0.2) is 31.5 Å². The van der Waals surface area contributed by atoms with Gasteiger partial charge in [-0.15, -0.1) is 0 Å². The Kier molecular flexibility index (Phi) is 5.22. The fourth-order valence-electron chi connectivity index (χ4n) is 2.31. The van der Waals surface area contributed by atoms with Crippen molar-refractivity contribution in [3.05, 3.63) is 69.0 Å². The van der Waals surface area contributed by atoms with E-state index in [0.717, 1.165) is 40.9 Å². The molecule has 0 aliphatic rings. The van der Waals surface area contributed by atoms with E-state index in [-0.39, 0.29) is 11.4 Å². The molecule has 3 aromatic rings. The van der Waals surface area contributed by atoms with E-state index in [2.05, 4.69) is 15.3 Å². The number of rotatable bonds is 6. The van der Waals surface area contributed by atoms with E-state index < -0.39 is 27.1 Å². The van der Waals surface area contributed by atoms with Crippen LogP contribution in [0.3, 0.4) is 0 Å². The smallest absolute Gasteiger partial charge is 0.299 e. The van der Waals surface area contributed by atoms with Gasteiger partial charge in [-0.25, -0.2) is 9.97 Å². The van der Waals surface area contributed by atoms with Gasteiger partial charge in [-0.2, -0.15) is 0 Å². The number of nitrogens with zero attached hydrogens (tertiary/aromatic N) is 4. The van der Waals surface area contributed by atoms with Gasteiger partial charge in [0.2, 0.25) is 5.91 Å². The summed E-state index contributed by atoms with van der Waals surface area (Å²) in [6.45, 7) is 0. The number of non-ortho nitro benzene ring substituents is 1. The lowest BCUT2D eigenvalue weighted by atomic mass is 10.2. The minimum Gasteiger partial charge on any atom is -0.320 e. The average molecular weight is 385 g/mol. The number of hydrogen-bond acceptors (Lipinski definition) is 8. The molecule has 27 heavy (non-hydrogen) atoms. The first-order chi connectivity index (χ1) is 13.0. The molecular formula is C16H11N5O5S. The molecule has 0 aliphatic carbocycles. The van der Waals surface area contributed by atoms with Crippen LogP contribution in [0.4, 0.5) is 17.1 Å². The van der Waals surface area contributed by atoms with Crippen LogP contribution < -0.4 is 5.32 Å². The van der Waals surface area contributed by atoms with Gasteiger partial charge in [0.05, 0.1) is 27.2 Å². The Balaban J connectivity index is 1.74. The van der Waals surface area contributed by atoms with Gasteiger partial charge in [0.25, 0.3) is 11.4 Å². The molecule has 1 aromatic heterocycles. The van der Waals surface area contributed by atoms with Gasteiger partial charge in [0.15, 0.2) is 0 Å². The Hall–Kier alpha value is -3.60. The molecule has 0 saturated carbocycles. The van der Waals surface area contributed by atoms with Gasteiger partial charge in [0, 0.05) is 11.5 Å². The maximum atomic E-state index is 12.2. The monoisotopic (exact) mass is 385 g/mol. The predicted molar refractivity (Wildman–Crippen MR) is 98.6 cm³/mol. The third kappa shape index (κ3) is 4.15. The van der Waals surface area contributed by atoms with E-state index in [1.54, 1.807) is 0 Å². The summed E-state index contributed by atoms with van der Waals surface area (Å²) in [5, 5.41) is 25.7. The minimum atomic E-state index is -0.784. The van der Waals surface area contributed by atoms with E-state index >= 15 is 0 Å². The number of hydrogen-bond donors (Lipinski definition) is 1. The third-order valence-corrected chi connectivity index (χ3v) is 4.51. The van der Waals surface area contributed by atoms with Crippen molar-refractivity contribution in [2.45, 2.75) is 5.03 Å². The van der Waals surface area contributed by atoms with Crippen molar-refractivity contribution < 1.29 is 14.6 Å². The molecule has 0 radical (unpaired) electrons. The standard InChI is InChI=1S/C16H11N5O5S/c22-15(8-27-16-11-3-1-2-4-12(11)17-9-18-16)19-13-6-5-10(20(23)24)7-14(13)21(25)26/h1-7,9H,8H2,(H,19,22). The molecule has 11 heteroatoms. The Morgan fingerprint density at radius 1 is 1.07 bits per heavy atom. The number of thioether (sulfide) groups is 1. The van der Waals surface area contributed by atoms with Crippen LogP contribution in [0, 0.1) is 20.2 Å². The summed E-state index contributed by atoms with van der Waals surface area (Å²) in [7, 11) is 0. The maximum Gasteiger partial charge on any atom is 0.299 e. The summed E-state index contributed by atoms with van der Waals surface area (Å²) in [5.41, 5.74) is -0.346. The molecular weight excluding hydrogens is 374 g/mol. The van der Waals surface area contributed by atoms with Crippen LogP contribution in [0.2, 0.25) is 0 Å². The van der Waals surface area contributed by atoms with E-state index in [4.69, 9.17) is 0 Å². The molecule has 1 N–H and O–H groups in total. The Morgan fingerprint density at radius 3 is 2.59 bits per heavy atom. The quantitative estimate of drug-likeness (QED) is 0.295. The van der Waals surface area contributed by atoms with Crippen molar-refractivity contribution in [3.63, 3.8) is 0 Å². The first kappa shape index (κ1) is 18.2. The molecule has 3 rings (SSSR count). The molecule has 0 aliphatic heterocycles. The third-order valence-electron chi connectivity index (χ3n) is 3.51. The molecule has 0 saturated heterocycles. The summed E-state index contributed by atoms with van der Waals surface area (Å²) < 4.78 is 0. The molecule has 0 bridgehead atoms. The topological polar surface area (TPSA) is 141 Å². The number of benzene rings is 2. The summed E-state index contributed by atoms with van der Waals surface area (Å²) in [4.78, 5) is 40.8. The van der Waals surface area contributed by atoms with E-state index in [9.17, 15) is 25.0 Å². The van der Waals surface area contributed by atoms with E-state index in [0.29, 0.717) is 5.03 Å². The lowest BCUT2D eigenvalue weighted by molar-refractivity contribution is -0.393. The number of nitro benzene ring substituents is 2. The summed E-state index contributed by atoms with van der Waals surface area (Å²) in [6, 6.07) is 10.4. The van der Waals surface area contributed by atoms with Crippen LogP contribution in [-0.2, 0) is 4.79 Å². The second-order valence-electron chi connectivity index (χ2n) is 5.25. The Labute approximate surface area is 155 Å². The maximum absolute atomic E-state index is 12.2. The fourth-order valence-corrected chi connectivity index (χ4v) is 3.10. The highest BCUT2D eigenvalue weighted by molar-refractivity contribution is 8.00. The second-order valence-corrected chi connectivity index (χ2v) is 6.21. The number of carbonyl (C=O) groups is 1. The number of anilines is 1. The first-order valence-corrected chi connectivity index (χ1v) is 8.49. The Bertz CT molecular complexity index is 1050. The lowest BCUT2D eigenvalue weighted by Gasteiger charge is -2.07. The predicted octanol–water partition coefficient (Wildman–Crippen LogP) is 3.18. The number of fused-ring (bicyclic) bond motifs is 1. The molecule has 10 nitrogen and oxygen atoms in total. The van der Waals surface area contributed by atoms with Crippen LogP contribution in [0.15, 0.2) is 53.8 Å². The second kappa shape index (κ2) is 7.74. The number of para-hydroxylation sites is 1. The highest BCUT2D eigenvalue weighted by Gasteiger charge is 2.21. The number of nitro groups is 2. The van der Waals surface area contributed by atoms with Gasteiger partial charge in [0.1, 0.15) is 17.0 Å². The zero-order valence-corrected chi connectivity index (χ0v) is 14.4. The van der Waals surface area contributed by atoms with Crippen molar-refractivity contribution in [2.75, 3.05) is 11.1 Å².